The molecule has 4 rings (SSSR count). The summed E-state index contributed by atoms with van der Waals surface area (Å²) in [5.41, 5.74) is 3.03. The zero-order valence-electron chi connectivity index (χ0n) is 21.5. The zero-order valence-corrected chi connectivity index (χ0v) is 21.5. The smallest absolute Gasteiger partial charge is 0.294 e. The quantitative estimate of drug-likeness (QED) is 0.406. The number of anilines is 1. The minimum absolute atomic E-state index is 0.108. The first kappa shape index (κ1) is 26.1. The molecule has 0 spiro atoms. The number of fused-ring (bicyclic) bond motifs is 1. The minimum Gasteiger partial charge on any atom is -0.491 e. The van der Waals surface area contributed by atoms with Crippen LogP contribution in [0.1, 0.15) is 27.2 Å². The van der Waals surface area contributed by atoms with Crippen molar-refractivity contribution in [1.29, 1.82) is 0 Å². The Morgan fingerprint density at radius 1 is 1.06 bits per heavy atom. The number of hydrogen-bond donors (Lipinski definition) is 1. The number of nitrogens with zero attached hydrogens (tertiary/aromatic N) is 5. The summed E-state index contributed by atoms with van der Waals surface area (Å²) in [6, 6.07) is 9.76. The molecule has 0 radical (unpaired) electrons. The standard InChI is InChI=1S/C27H37N5O4/c1-4-16-35-17-14-32-25-18-23(21-5-7-22(8-6-21)36-20(2)3)28-19-24(25)29-26(27(32)34)31-11-9-30(10-12-31)13-15-33/h5-8,18-20,33H,4,9-17H2,1-3H3. The van der Waals surface area contributed by atoms with Gasteiger partial charge in [0.25, 0.3) is 5.56 Å². The topological polar surface area (TPSA) is 93.0 Å². The van der Waals surface area contributed by atoms with E-state index in [1.54, 1.807) is 10.8 Å². The predicted molar refractivity (Wildman–Crippen MR) is 142 cm³/mol. The Labute approximate surface area is 212 Å². The molecule has 1 aromatic carbocycles. The fourth-order valence-corrected chi connectivity index (χ4v) is 4.42. The minimum atomic E-state index is -0.115. The van der Waals surface area contributed by atoms with Crippen molar-refractivity contribution in [2.24, 2.45) is 0 Å². The Bertz CT molecular complexity index is 1190. The van der Waals surface area contributed by atoms with Crippen molar-refractivity contribution in [2.45, 2.75) is 39.8 Å². The van der Waals surface area contributed by atoms with Crippen LogP contribution >= 0.6 is 0 Å². The van der Waals surface area contributed by atoms with Crippen LogP contribution < -0.4 is 15.2 Å². The molecule has 9 heteroatoms. The summed E-state index contributed by atoms with van der Waals surface area (Å²) < 4.78 is 13.3. The van der Waals surface area contributed by atoms with Gasteiger partial charge in [-0.25, -0.2) is 4.98 Å². The van der Waals surface area contributed by atoms with Gasteiger partial charge < -0.3 is 24.0 Å². The van der Waals surface area contributed by atoms with E-state index in [2.05, 4.69) is 16.8 Å². The number of benzene rings is 1. The maximum atomic E-state index is 13.7. The number of hydrogen-bond acceptors (Lipinski definition) is 8. The van der Waals surface area contributed by atoms with E-state index < -0.39 is 0 Å². The van der Waals surface area contributed by atoms with Crippen LogP contribution in [-0.2, 0) is 11.3 Å². The highest BCUT2D eigenvalue weighted by Gasteiger charge is 2.22. The average Bonchev–Trinajstić information content (AvgIpc) is 2.88. The van der Waals surface area contributed by atoms with Gasteiger partial charge in [0.1, 0.15) is 11.3 Å². The second-order valence-electron chi connectivity index (χ2n) is 9.31. The van der Waals surface area contributed by atoms with Gasteiger partial charge in [0.05, 0.1) is 36.7 Å². The highest BCUT2D eigenvalue weighted by molar-refractivity contribution is 5.80. The summed E-state index contributed by atoms with van der Waals surface area (Å²) in [5.74, 6) is 1.26. The predicted octanol–water partition coefficient (Wildman–Crippen LogP) is 2.79. The molecule has 1 aliphatic heterocycles. The van der Waals surface area contributed by atoms with Gasteiger partial charge in [-0.05, 0) is 50.6 Å². The molecule has 194 valence electrons. The molecule has 1 N–H and O–H groups in total. The number of aliphatic hydroxyl groups excluding tert-OH is 1. The van der Waals surface area contributed by atoms with E-state index >= 15 is 0 Å². The van der Waals surface area contributed by atoms with E-state index in [0.29, 0.717) is 50.7 Å². The van der Waals surface area contributed by atoms with Gasteiger partial charge in [0, 0.05) is 51.4 Å². The Kier molecular flexibility index (Phi) is 8.90. The summed E-state index contributed by atoms with van der Waals surface area (Å²) >= 11 is 0. The fourth-order valence-electron chi connectivity index (χ4n) is 4.42. The first-order valence-electron chi connectivity index (χ1n) is 12.8. The van der Waals surface area contributed by atoms with Gasteiger partial charge in [-0.15, -0.1) is 0 Å². The average molecular weight is 496 g/mol. The first-order chi connectivity index (χ1) is 17.5. The molecule has 0 unspecified atom stereocenters. The molecule has 0 aliphatic carbocycles. The molecule has 0 atom stereocenters. The third kappa shape index (κ3) is 6.21. The largest absolute Gasteiger partial charge is 0.491 e. The number of ether oxygens (including phenoxy) is 2. The third-order valence-corrected chi connectivity index (χ3v) is 6.23. The van der Waals surface area contributed by atoms with Crippen LogP contribution in [0.25, 0.3) is 22.3 Å². The molecule has 0 bridgehead atoms. The number of rotatable bonds is 11. The van der Waals surface area contributed by atoms with Crippen molar-refractivity contribution in [3.8, 4) is 17.0 Å². The lowest BCUT2D eigenvalue weighted by Gasteiger charge is -2.34. The second-order valence-corrected chi connectivity index (χ2v) is 9.31. The number of aliphatic hydroxyl groups is 1. The number of piperazine rings is 1. The molecule has 3 aromatic rings. The van der Waals surface area contributed by atoms with E-state index in [1.165, 1.54) is 0 Å². The SMILES string of the molecule is CCCOCCn1c(=O)c(N2CCN(CCO)CC2)nc2cnc(-c3ccc(OC(C)C)cc3)cc21. The van der Waals surface area contributed by atoms with Gasteiger partial charge in [-0.1, -0.05) is 6.92 Å². The van der Waals surface area contributed by atoms with Crippen LogP contribution in [0.2, 0.25) is 0 Å². The Hall–Kier alpha value is -3.01. The number of aromatic nitrogens is 3. The second kappa shape index (κ2) is 12.3. The van der Waals surface area contributed by atoms with Gasteiger partial charge in [-0.3, -0.25) is 14.7 Å². The van der Waals surface area contributed by atoms with E-state index in [4.69, 9.17) is 14.5 Å². The van der Waals surface area contributed by atoms with Crippen LogP contribution in [0.15, 0.2) is 41.3 Å². The van der Waals surface area contributed by atoms with Crippen molar-refractivity contribution in [1.82, 2.24) is 19.4 Å². The van der Waals surface area contributed by atoms with Crippen molar-refractivity contribution in [2.75, 3.05) is 57.4 Å². The Morgan fingerprint density at radius 2 is 1.81 bits per heavy atom. The van der Waals surface area contributed by atoms with Gasteiger partial charge in [0.15, 0.2) is 5.82 Å². The van der Waals surface area contributed by atoms with Crippen LogP contribution in [0, 0.1) is 0 Å². The van der Waals surface area contributed by atoms with E-state index in [-0.39, 0.29) is 18.3 Å². The highest BCUT2D eigenvalue weighted by Crippen LogP contribution is 2.25. The lowest BCUT2D eigenvalue weighted by molar-refractivity contribution is 0.127. The summed E-state index contributed by atoms with van der Waals surface area (Å²) in [5, 5.41) is 9.23. The number of β-amino-alcohol motifs (C(OH)–C–C–N with tert-alkyl or cyclic N) is 1. The monoisotopic (exact) mass is 495 g/mol. The van der Waals surface area contributed by atoms with Gasteiger partial charge in [0.2, 0.25) is 0 Å². The normalized spacial score (nSPS) is 14.6. The zero-order chi connectivity index (χ0) is 25.5. The lowest BCUT2D eigenvalue weighted by Crippen LogP contribution is -2.49. The summed E-state index contributed by atoms with van der Waals surface area (Å²) in [6.07, 6.45) is 2.79. The fraction of sp³-hybridized carbons (Fsp3) is 0.519. The van der Waals surface area contributed by atoms with Gasteiger partial charge in [-0.2, -0.15) is 0 Å². The Morgan fingerprint density at radius 3 is 2.47 bits per heavy atom. The van der Waals surface area contributed by atoms with Crippen LogP contribution in [0.5, 0.6) is 5.75 Å². The number of pyridine rings is 1. The van der Waals surface area contributed by atoms with Crippen molar-refractivity contribution >= 4 is 16.9 Å². The van der Waals surface area contributed by atoms with Crippen LogP contribution in [0.3, 0.4) is 0 Å². The van der Waals surface area contributed by atoms with Crippen molar-refractivity contribution < 1.29 is 14.6 Å². The Balaban J connectivity index is 1.68. The lowest BCUT2D eigenvalue weighted by atomic mass is 10.1. The molecular weight excluding hydrogens is 458 g/mol. The molecule has 3 heterocycles. The molecule has 1 aliphatic rings. The summed E-state index contributed by atoms with van der Waals surface area (Å²) in [4.78, 5) is 27.3. The van der Waals surface area contributed by atoms with E-state index in [0.717, 1.165) is 42.0 Å². The molecule has 36 heavy (non-hydrogen) atoms. The third-order valence-electron chi connectivity index (χ3n) is 6.23. The maximum absolute atomic E-state index is 13.7. The molecule has 1 saturated heterocycles. The molecule has 0 saturated carbocycles. The molecule has 2 aromatic heterocycles. The molecule has 9 nitrogen and oxygen atoms in total. The summed E-state index contributed by atoms with van der Waals surface area (Å²) in [6.45, 7) is 11.4. The van der Waals surface area contributed by atoms with E-state index in [1.807, 2.05) is 49.1 Å². The molecule has 1 fully saturated rings. The van der Waals surface area contributed by atoms with Crippen LogP contribution in [0.4, 0.5) is 5.82 Å². The molecular formula is C27H37N5O4. The summed E-state index contributed by atoms with van der Waals surface area (Å²) in [7, 11) is 0. The van der Waals surface area contributed by atoms with Crippen molar-refractivity contribution in [3.05, 3.63) is 46.9 Å². The van der Waals surface area contributed by atoms with Crippen molar-refractivity contribution in [3.63, 3.8) is 0 Å². The van der Waals surface area contributed by atoms with E-state index in [9.17, 15) is 9.90 Å². The van der Waals surface area contributed by atoms with Crippen LogP contribution in [-0.4, -0.2) is 83.2 Å². The molecule has 0 amide bonds. The first-order valence-corrected chi connectivity index (χ1v) is 12.8. The highest BCUT2D eigenvalue weighted by atomic mass is 16.5. The van der Waals surface area contributed by atoms with Gasteiger partial charge >= 0.3 is 0 Å². The maximum Gasteiger partial charge on any atom is 0.294 e.